The number of hydrogen-bond donors (Lipinski definition) is 0. The maximum Gasteiger partial charge on any atom is 0.341 e. The van der Waals surface area contributed by atoms with Crippen molar-refractivity contribution in [2.75, 3.05) is 20.8 Å². The van der Waals surface area contributed by atoms with Gasteiger partial charge in [-0.3, -0.25) is 4.79 Å². The van der Waals surface area contributed by atoms with Crippen LogP contribution in [0.25, 0.3) is 0 Å². The summed E-state index contributed by atoms with van der Waals surface area (Å²) in [5.74, 6) is -2.64. The summed E-state index contributed by atoms with van der Waals surface area (Å²) in [7, 11) is -1.61. The standard InChI is InChI=1S/C20H21F2NO5S/c1-27-17-10-7-14(12-18(17)28-2)16-4-3-11-23(16)19(24)13-5-8-15(9-6-13)29(25,26)20(21)22/h5-10,12,16,20H,3-4,11H2,1-2H3. The first-order chi connectivity index (χ1) is 13.8. The Morgan fingerprint density at radius 2 is 1.72 bits per heavy atom. The molecule has 29 heavy (non-hydrogen) atoms. The van der Waals surface area contributed by atoms with Crippen LogP contribution in [0.2, 0.25) is 0 Å². The number of likely N-dealkylation sites (tertiary alicyclic amines) is 1. The first-order valence-electron chi connectivity index (χ1n) is 8.94. The fourth-order valence-corrected chi connectivity index (χ4v) is 4.19. The minimum absolute atomic E-state index is 0.174. The quantitative estimate of drug-likeness (QED) is 0.706. The summed E-state index contributed by atoms with van der Waals surface area (Å²) in [6.45, 7) is 0.537. The van der Waals surface area contributed by atoms with Gasteiger partial charge in [0.1, 0.15) is 0 Å². The van der Waals surface area contributed by atoms with E-state index in [4.69, 9.17) is 9.47 Å². The molecule has 156 valence electrons. The molecular formula is C20H21F2NO5S. The Morgan fingerprint density at radius 3 is 2.31 bits per heavy atom. The third-order valence-corrected chi connectivity index (χ3v) is 6.37. The molecule has 0 saturated carbocycles. The molecule has 0 radical (unpaired) electrons. The smallest absolute Gasteiger partial charge is 0.341 e. The Balaban J connectivity index is 1.85. The van der Waals surface area contributed by atoms with Crippen molar-refractivity contribution < 1.29 is 31.5 Å². The Kier molecular flexibility index (Phi) is 6.07. The number of amides is 1. The number of nitrogens with zero attached hydrogens (tertiary/aromatic N) is 1. The Labute approximate surface area is 168 Å². The molecule has 2 aromatic rings. The van der Waals surface area contributed by atoms with E-state index in [1.165, 1.54) is 19.2 Å². The largest absolute Gasteiger partial charge is 0.493 e. The zero-order valence-electron chi connectivity index (χ0n) is 16.0. The number of sulfone groups is 1. The van der Waals surface area contributed by atoms with Gasteiger partial charge in [0, 0.05) is 12.1 Å². The highest BCUT2D eigenvalue weighted by Gasteiger charge is 2.32. The maximum absolute atomic E-state index is 13.0. The van der Waals surface area contributed by atoms with Crippen molar-refractivity contribution in [1.29, 1.82) is 0 Å². The minimum atomic E-state index is -4.69. The predicted octanol–water partition coefficient (Wildman–Crippen LogP) is 3.68. The van der Waals surface area contributed by atoms with Crippen LogP contribution >= 0.6 is 0 Å². The van der Waals surface area contributed by atoms with Crippen molar-refractivity contribution in [3.8, 4) is 11.5 Å². The molecular weight excluding hydrogens is 404 g/mol. The number of hydrogen-bond acceptors (Lipinski definition) is 5. The van der Waals surface area contributed by atoms with Crippen molar-refractivity contribution in [2.24, 2.45) is 0 Å². The molecule has 0 bridgehead atoms. The number of halogens is 2. The topological polar surface area (TPSA) is 72.9 Å². The van der Waals surface area contributed by atoms with E-state index in [1.54, 1.807) is 18.1 Å². The molecule has 0 spiro atoms. The van der Waals surface area contributed by atoms with Crippen LogP contribution in [0.5, 0.6) is 11.5 Å². The van der Waals surface area contributed by atoms with Crippen LogP contribution in [0.1, 0.15) is 34.8 Å². The molecule has 9 heteroatoms. The van der Waals surface area contributed by atoms with Crippen LogP contribution in [0.3, 0.4) is 0 Å². The normalized spacial score (nSPS) is 16.9. The zero-order chi connectivity index (χ0) is 21.2. The molecule has 1 aliphatic heterocycles. The van der Waals surface area contributed by atoms with E-state index in [0.717, 1.165) is 30.5 Å². The van der Waals surface area contributed by atoms with E-state index >= 15 is 0 Å². The molecule has 3 rings (SSSR count). The second kappa shape index (κ2) is 8.36. The first kappa shape index (κ1) is 21.0. The fourth-order valence-electron chi connectivity index (χ4n) is 3.47. The molecule has 6 nitrogen and oxygen atoms in total. The highest BCUT2D eigenvalue weighted by atomic mass is 32.2. The van der Waals surface area contributed by atoms with Gasteiger partial charge in [-0.1, -0.05) is 6.07 Å². The first-order valence-corrected chi connectivity index (χ1v) is 10.5. The van der Waals surface area contributed by atoms with Gasteiger partial charge in [-0.25, -0.2) is 8.42 Å². The van der Waals surface area contributed by atoms with E-state index in [-0.39, 0.29) is 17.5 Å². The Hall–Kier alpha value is -2.68. The number of ether oxygens (including phenoxy) is 2. The summed E-state index contributed by atoms with van der Waals surface area (Å²) in [4.78, 5) is 14.2. The van der Waals surface area contributed by atoms with Crippen LogP contribution in [0, 0.1) is 0 Å². The van der Waals surface area contributed by atoms with Crippen LogP contribution in [-0.4, -0.2) is 45.7 Å². The summed E-state index contributed by atoms with van der Waals surface area (Å²) in [6, 6.07) is 9.91. The number of alkyl halides is 2. The fraction of sp³-hybridized carbons (Fsp3) is 0.350. The van der Waals surface area contributed by atoms with Gasteiger partial charge in [0.2, 0.25) is 9.84 Å². The van der Waals surface area contributed by atoms with Crippen LogP contribution in [0.4, 0.5) is 8.78 Å². The van der Waals surface area contributed by atoms with E-state index in [9.17, 15) is 22.0 Å². The number of methoxy groups -OCH3 is 2. The monoisotopic (exact) mass is 425 g/mol. The van der Waals surface area contributed by atoms with Crippen molar-refractivity contribution in [1.82, 2.24) is 4.90 Å². The third-order valence-electron chi connectivity index (χ3n) is 4.97. The van der Waals surface area contributed by atoms with Gasteiger partial charge in [-0.05, 0) is 54.8 Å². The van der Waals surface area contributed by atoms with Gasteiger partial charge in [-0.2, -0.15) is 8.78 Å². The maximum atomic E-state index is 13.0. The lowest BCUT2D eigenvalue weighted by atomic mass is 10.0. The summed E-state index contributed by atoms with van der Waals surface area (Å²) >= 11 is 0. The molecule has 1 amide bonds. The molecule has 1 fully saturated rings. The van der Waals surface area contributed by atoms with Gasteiger partial charge in [0.15, 0.2) is 11.5 Å². The summed E-state index contributed by atoms with van der Waals surface area (Å²) in [5, 5.41) is 0. The second-order valence-electron chi connectivity index (χ2n) is 6.60. The zero-order valence-corrected chi connectivity index (χ0v) is 16.8. The van der Waals surface area contributed by atoms with Crippen LogP contribution in [0.15, 0.2) is 47.4 Å². The number of carbonyl (C=O) groups is 1. The SMILES string of the molecule is COc1ccc(C2CCCN2C(=O)c2ccc(S(=O)(=O)C(F)F)cc2)cc1OC. The minimum Gasteiger partial charge on any atom is -0.493 e. The lowest BCUT2D eigenvalue weighted by molar-refractivity contribution is 0.0735. The van der Waals surface area contributed by atoms with Crippen LogP contribution < -0.4 is 9.47 Å². The number of benzene rings is 2. The average Bonchev–Trinajstić information content (AvgIpc) is 3.22. The van der Waals surface area contributed by atoms with Crippen molar-refractivity contribution in [2.45, 2.75) is 29.5 Å². The van der Waals surface area contributed by atoms with Crippen LogP contribution in [-0.2, 0) is 9.84 Å². The summed E-state index contributed by atoms with van der Waals surface area (Å²) in [5.41, 5.74) is 1.14. The highest BCUT2D eigenvalue weighted by Crippen LogP contribution is 2.37. The molecule has 1 aliphatic rings. The van der Waals surface area contributed by atoms with Gasteiger partial charge in [-0.15, -0.1) is 0 Å². The Bertz CT molecular complexity index is 992. The van der Waals surface area contributed by atoms with Gasteiger partial charge in [0.25, 0.3) is 5.91 Å². The molecule has 2 aromatic carbocycles. The summed E-state index contributed by atoms with van der Waals surface area (Å²) in [6.07, 6.45) is 1.57. The average molecular weight is 425 g/mol. The van der Waals surface area contributed by atoms with E-state index in [2.05, 4.69) is 0 Å². The molecule has 0 aliphatic carbocycles. The molecule has 0 N–H and O–H groups in total. The molecule has 0 aromatic heterocycles. The van der Waals surface area contributed by atoms with Gasteiger partial charge >= 0.3 is 5.76 Å². The molecule has 1 heterocycles. The molecule has 1 unspecified atom stereocenters. The summed E-state index contributed by atoms with van der Waals surface area (Å²) < 4.78 is 59.0. The Morgan fingerprint density at radius 1 is 1.07 bits per heavy atom. The van der Waals surface area contributed by atoms with Crippen molar-refractivity contribution in [3.63, 3.8) is 0 Å². The molecule has 1 saturated heterocycles. The van der Waals surface area contributed by atoms with Gasteiger partial charge in [0.05, 0.1) is 25.2 Å². The van der Waals surface area contributed by atoms with Gasteiger partial charge < -0.3 is 14.4 Å². The highest BCUT2D eigenvalue weighted by molar-refractivity contribution is 7.91. The lowest BCUT2D eigenvalue weighted by Gasteiger charge is -2.26. The van der Waals surface area contributed by atoms with E-state index in [0.29, 0.717) is 18.0 Å². The lowest BCUT2D eigenvalue weighted by Crippen LogP contribution is -2.30. The number of rotatable bonds is 6. The number of carbonyl (C=O) groups excluding carboxylic acids is 1. The van der Waals surface area contributed by atoms with E-state index in [1.807, 2.05) is 12.1 Å². The molecule has 1 atom stereocenters. The van der Waals surface area contributed by atoms with Crippen molar-refractivity contribution >= 4 is 15.7 Å². The van der Waals surface area contributed by atoms with E-state index < -0.39 is 20.5 Å². The third kappa shape index (κ3) is 4.05. The second-order valence-corrected chi connectivity index (χ2v) is 8.52. The van der Waals surface area contributed by atoms with Crippen molar-refractivity contribution in [3.05, 3.63) is 53.6 Å². The predicted molar refractivity (Wildman–Crippen MR) is 102 cm³/mol.